The fourth-order valence-electron chi connectivity index (χ4n) is 4.48. The maximum absolute atomic E-state index is 12.8. The first-order chi connectivity index (χ1) is 20.2. The van der Waals surface area contributed by atoms with Crippen molar-refractivity contribution in [3.8, 4) is 51.0 Å². The number of hydrogen-bond donors (Lipinski definition) is 0. The summed E-state index contributed by atoms with van der Waals surface area (Å²) in [6, 6.07) is 36.1. The summed E-state index contributed by atoms with van der Waals surface area (Å²) in [5.74, 6) is 1.16. The van der Waals surface area contributed by atoms with Gasteiger partial charge in [0.05, 0.1) is 0 Å². The fraction of sp³-hybridized carbons (Fsp3) is 0.0312. The number of fused-ring (bicyclic) bond motifs is 1. The topological polar surface area (TPSA) is 82.0 Å². The zero-order valence-corrected chi connectivity index (χ0v) is 22.5. The lowest BCUT2D eigenvalue weighted by Crippen LogP contribution is -2.28. The molecule has 42 heavy (non-hydrogen) atoms. The van der Waals surface area contributed by atoms with Crippen LogP contribution in [-0.4, -0.2) is 28.9 Å². The molecule has 1 heterocycles. The smallest absolute Gasteiger partial charge is 0.376 e. The Hall–Kier alpha value is -5.09. The van der Waals surface area contributed by atoms with E-state index in [0.29, 0.717) is 28.2 Å². The van der Waals surface area contributed by atoms with Gasteiger partial charge >= 0.3 is 15.6 Å². The van der Waals surface area contributed by atoms with Gasteiger partial charge in [-0.2, -0.15) is 21.6 Å². The van der Waals surface area contributed by atoms with Crippen LogP contribution >= 0.6 is 0 Å². The third-order valence-electron chi connectivity index (χ3n) is 6.49. The van der Waals surface area contributed by atoms with Gasteiger partial charge in [0.25, 0.3) is 0 Å². The summed E-state index contributed by atoms with van der Waals surface area (Å²) in [4.78, 5) is 14.2. The van der Waals surface area contributed by atoms with E-state index in [1.165, 1.54) is 18.2 Å². The molecule has 0 amide bonds. The van der Waals surface area contributed by atoms with Gasteiger partial charge in [0.1, 0.15) is 5.75 Å². The van der Waals surface area contributed by atoms with Gasteiger partial charge in [0.15, 0.2) is 17.5 Å². The molecule has 0 fully saturated rings. The fourth-order valence-corrected chi connectivity index (χ4v) is 4.93. The number of benzene rings is 5. The molecule has 1 aromatic heterocycles. The van der Waals surface area contributed by atoms with Crippen LogP contribution < -0.4 is 4.18 Å². The van der Waals surface area contributed by atoms with Crippen molar-refractivity contribution in [2.24, 2.45) is 0 Å². The molecule has 5 aromatic carbocycles. The van der Waals surface area contributed by atoms with E-state index in [1.807, 2.05) is 91.0 Å². The molecule has 0 spiro atoms. The molecular formula is C32H20F3N3O3S. The number of aromatic nitrogens is 3. The quantitative estimate of drug-likeness (QED) is 0.146. The van der Waals surface area contributed by atoms with E-state index in [0.717, 1.165) is 27.8 Å². The normalized spacial score (nSPS) is 11.9. The second-order valence-electron chi connectivity index (χ2n) is 9.29. The van der Waals surface area contributed by atoms with Crippen LogP contribution in [0.25, 0.3) is 56.1 Å². The summed E-state index contributed by atoms with van der Waals surface area (Å²) < 4.78 is 65.5. The van der Waals surface area contributed by atoms with Crippen LogP contribution in [0.5, 0.6) is 5.75 Å². The van der Waals surface area contributed by atoms with Gasteiger partial charge in [0.2, 0.25) is 0 Å². The highest BCUT2D eigenvalue weighted by Crippen LogP contribution is 2.34. The molecule has 0 bridgehead atoms. The van der Waals surface area contributed by atoms with Crippen molar-refractivity contribution in [1.29, 1.82) is 0 Å². The number of hydrogen-bond acceptors (Lipinski definition) is 6. The van der Waals surface area contributed by atoms with E-state index in [4.69, 9.17) is 15.0 Å². The minimum Gasteiger partial charge on any atom is -0.376 e. The van der Waals surface area contributed by atoms with Gasteiger partial charge in [0, 0.05) is 16.7 Å². The van der Waals surface area contributed by atoms with Gasteiger partial charge in [-0.1, -0.05) is 109 Å². The van der Waals surface area contributed by atoms with E-state index in [2.05, 4.69) is 4.18 Å². The van der Waals surface area contributed by atoms with Crippen molar-refractivity contribution in [2.75, 3.05) is 0 Å². The zero-order chi connectivity index (χ0) is 29.3. The minimum absolute atomic E-state index is 0.425. The van der Waals surface area contributed by atoms with Crippen molar-refractivity contribution in [2.45, 2.75) is 5.51 Å². The predicted octanol–water partition coefficient (Wildman–Crippen LogP) is 7.92. The van der Waals surface area contributed by atoms with Gasteiger partial charge in [-0.05, 0) is 34.0 Å². The molecular weight excluding hydrogens is 563 g/mol. The Morgan fingerprint density at radius 2 is 1.05 bits per heavy atom. The second kappa shape index (κ2) is 10.7. The zero-order valence-electron chi connectivity index (χ0n) is 21.7. The lowest BCUT2D eigenvalue weighted by Gasteiger charge is -2.12. The van der Waals surface area contributed by atoms with E-state index >= 15 is 0 Å². The molecule has 0 unspecified atom stereocenters. The first kappa shape index (κ1) is 27.1. The molecule has 0 radical (unpaired) electrons. The molecule has 0 aliphatic heterocycles. The molecule has 0 aliphatic rings. The molecule has 0 N–H and O–H groups in total. The van der Waals surface area contributed by atoms with Gasteiger partial charge in [-0.3, -0.25) is 0 Å². The monoisotopic (exact) mass is 583 g/mol. The van der Waals surface area contributed by atoms with E-state index in [9.17, 15) is 21.6 Å². The standard InChI is InChI=1S/C32H20F3N3O3S/c33-32(34,35)42(39,40)41-26-18-19-28-25(20-26)12-7-13-27(28)21-14-16-24(17-15-21)31-37-29(22-8-3-1-4-9-22)36-30(38-31)23-10-5-2-6-11-23/h1-20H. The molecule has 208 valence electrons. The predicted molar refractivity (Wildman–Crippen MR) is 155 cm³/mol. The van der Waals surface area contributed by atoms with Crippen molar-refractivity contribution >= 4 is 20.9 Å². The summed E-state index contributed by atoms with van der Waals surface area (Å²) in [5, 5.41) is 1.23. The van der Waals surface area contributed by atoms with Crippen molar-refractivity contribution in [3.63, 3.8) is 0 Å². The summed E-state index contributed by atoms with van der Waals surface area (Å²) >= 11 is 0. The van der Waals surface area contributed by atoms with E-state index < -0.39 is 21.4 Å². The Morgan fingerprint density at radius 1 is 0.548 bits per heavy atom. The van der Waals surface area contributed by atoms with Crippen LogP contribution in [0.15, 0.2) is 121 Å². The highest BCUT2D eigenvalue weighted by Gasteiger charge is 2.48. The molecule has 0 saturated heterocycles. The average Bonchev–Trinajstić information content (AvgIpc) is 3.00. The van der Waals surface area contributed by atoms with Gasteiger partial charge < -0.3 is 4.18 Å². The third kappa shape index (κ3) is 5.44. The third-order valence-corrected chi connectivity index (χ3v) is 7.47. The molecule has 6 nitrogen and oxygen atoms in total. The number of rotatable bonds is 6. The van der Waals surface area contributed by atoms with Crippen LogP contribution in [0.3, 0.4) is 0 Å². The Bertz CT molecular complexity index is 1940. The average molecular weight is 584 g/mol. The number of halogens is 3. The molecule has 0 saturated carbocycles. The Morgan fingerprint density at radius 3 is 1.57 bits per heavy atom. The van der Waals surface area contributed by atoms with Crippen LogP contribution in [0, 0.1) is 0 Å². The maximum Gasteiger partial charge on any atom is 0.534 e. The minimum atomic E-state index is -5.77. The number of nitrogens with zero attached hydrogens (tertiary/aromatic N) is 3. The molecule has 6 aromatic rings. The highest BCUT2D eigenvalue weighted by atomic mass is 32.2. The van der Waals surface area contributed by atoms with Crippen molar-refractivity contribution in [1.82, 2.24) is 15.0 Å². The number of alkyl halides is 3. The lowest BCUT2D eigenvalue weighted by atomic mass is 9.97. The first-order valence-corrected chi connectivity index (χ1v) is 14.1. The SMILES string of the molecule is O=S(=O)(Oc1ccc2c(-c3ccc(-c4nc(-c5ccccc5)nc(-c5ccccc5)n4)cc3)cccc2c1)C(F)(F)F. The highest BCUT2D eigenvalue weighted by molar-refractivity contribution is 7.88. The summed E-state index contributed by atoms with van der Waals surface area (Å²) in [7, 11) is -5.77. The van der Waals surface area contributed by atoms with Crippen LogP contribution in [0.2, 0.25) is 0 Å². The molecule has 6 rings (SSSR count). The summed E-state index contributed by atoms with van der Waals surface area (Å²) in [6.45, 7) is 0. The molecule has 0 atom stereocenters. The lowest BCUT2D eigenvalue weighted by molar-refractivity contribution is -0.0500. The van der Waals surface area contributed by atoms with Crippen LogP contribution in [-0.2, 0) is 10.1 Å². The Balaban J connectivity index is 1.36. The summed E-state index contributed by atoms with van der Waals surface area (Å²) in [6.07, 6.45) is 0. The maximum atomic E-state index is 12.8. The van der Waals surface area contributed by atoms with Gasteiger partial charge in [-0.25, -0.2) is 15.0 Å². The van der Waals surface area contributed by atoms with E-state index in [1.54, 1.807) is 12.1 Å². The van der Waals surface area contributed by atoms with Crippen molar-refractivity contribution in [3.05, 3.63) is 121 Å². The van der Waals surface area contributed by atoms with E-state index in [-0.39, 0.29) is 0 Å². The Labute approximate surface area is 239 Å². The van der Waals surface area contributed by atoms with Crippen LogP contribution in [0.4, 0.5) is 13.2 Å². The van der Waals surface area contributed by atoms with Crippen LogP contribution in [0.1, 0.15) is 0 Å². The summed E-state index contributed by atoms with van der Waals surface area (Å²) in [5.41, 5.74) is -1.40. The van der Waals surface area contributed by atoms with Crippen molar-refractivity contribution < 1.29 is 25.8 Å². The first-order valence-electron chi connectivity index (χ1n) is 12.7. The second-order valence-corrected chi connectivity index (χ2v) is 10.8. The largest absolute Gasteiger partial charge is 0.534 e. The van der Waals surface area contributed by atoms with Gasteiger partial charge in [-0.15, -0.1) is 0 Å². The molecule has 10 heteroatoms. The molecule has 0 aliphatic carbocycles. The Kier molecular flexibility index (Phi) is 6.91.